The second kappa shape index (κ2) is 8.59. The highest BCUT2D eigenvalue weighted by Crippen LogP contribution is 2.26. The highest BCUT2D eigenvalue weighted by Gasteiger charge is 2.24. The molecule has 29 heavy (non-hydrogen) atoms. The van der Waals surface area contributed by atoms with Gasteiger partial charge in [-0.05, 0) is 17.0 Å². The van der Waals surface area contributed by atoms with E-state index in [-0.39, 0.29) is 17.7 Å². The van der Waals surface area contributed by atoms with Crippen LogP contribution in [0.1, 0.15) is 32.8 Å². The van der Waals surface area contributed by atoms with Gasteiger partial charge in [-0.2, -0.15) is 0 Å². The Morgan fingerprint density at radius 2 is 1.69 bits per heavy atom. The van der Waals surface area contributed by atoms with Gasteiger partial charge in [0.2, 0.25) is 11.9 Å². The zero-order valence-corrected chi connectivity index (χ0v) is 17.5. The van der Waals surface area contributed by atoms with E-state index in [1.54, 1.807) is 11.1 Å². The zero-order chi connectivity index (χ0) is 21.0. The summed E-state index contributed by atoms with van der Waals surface area (Å²) in [4.78, 5) is 36.3. The van der Waals surface area contributed by atoms with Crippen molar-refractivity contribution in [2.24, 2.45) is 0 Å². The molecule has 1 aliphatic heterocycles. The number of amides is 1. The van der Waals surface area contributed by atoms with Crippen molar-refractivity contribution in [3.05, 3.63) is 42.1 Å². The fourth-order valence-electron chi connectivity index (χ4n) is 3.27. The summed E-state index contributed by atoms with van der Waals surface area (Å²) in [7, 11) is 1.29. The minimum atomic E-state index is -0.508. The molecule has 0 atom stereocenters. The van der Waals surface area contributed by atoms with Crippen LogP contribution in [0, 0.1) is 0 Å². The van der Waals surface area contributed by atoms with E-state index in [1.807, 2.05) is 6.07 Å². The van der Waals surface area contributed by atoms with E-state index in [9.17, 15) is 9.59 Å². The first-order valence-corrected chi connectivity index (χ1v) is 9.81. The van der Waals surface area contributed by atoms with Gasteiger partial charge in [-0.15, -0.1) is 0 Å². The molecular formula is C22H28N4O3. The maximum Gasteiger partial charge on any atom is 0.315 e. The van der Waals surface area contributed by atoms with Gasteiger partial charge < -0.3 is 14.5 Å². The fraction of sp³-hybridized carbons (Fsp3) is 0.455. The number of anilines is 1. The van der Waals surface area contributed by atoms with Crippen LogP contribution in [0.2, 0.25) is 0 Å². The summed E-state index contributed by atoms with van der Waals surface area (Å²) in [6, 6.07) is 10.4. The molecule has 2 aromatic rings. The van der Waals surface area contributed by atoms with Crippen LogP contribution in [0.25, 0.3) is 11.3 Å². The lowest BCUT2D eigenvalue weighted by molar-refractivity contribution is -0.146. The van der Waals surface area contributed by atoms with Crippen molar-refractivity contribution >= 4 is 17.8 Å². The van der Waals surface area contributed by atoms with Crippen molar-refractivity contribution in [1.29, 1.82) is 0 Å². The molecule has 1 aromatic carbocycles. The van der Waals surface area contributed by atoms with Crippen LogP contribution in [-0.4, -0.2) is 60.0 Å². The Hall–Kier alpha value is -2.96. The predicted octanol–water partition coefficient (Wildman–Crippen LogP) is 2.65. The molecule has 0 saturated carbocycles. The third kappa shape index (κ3) is 5.10. The Morgan fingerprint density at radius 1 is 1.03 bits per heavy atom. The molecule has 154 valence electrons. The molecule has 1 saturated heterocycles. The maximum absolute atomic E-state index is 12.1. The minimum absolute atomic E-state index is 0.111. The van der Waals surface area contributed by atoms with Gasteiger partial charge in [-0.1, -0.05) is 45.0 Å². The largest absolute Gasteiger partial charge is 0.469 e. The van der Waals surface area contributed by atoms with Gasteiger partial charge in [0.05, 0.1) is 12.8 Å². The number of piperazine rings is 1. The van der Waals surface area contributed by atoms with Crippen LogP contribution < -0.4 is 4.90 Å². The molecule has 1 aliphatic rings. The molecule has 7 nitrogen and oxygen atoms in total. The number of hydrogen-bond acceptors (Lipinski definition) is 6. The molecule has 1 fully saturated rings. The van der Waals surface area contributed by atoms with Gasteiger partial charge in [0.1, 0.15) is 6.42 Å². The first kappa shape index (κ1) is 20.8. The van der Waals surface area contributed by atoms with Crippen molar-refractivity contribution in [3.8, 4) is 11.3 Å². The van der Waals surface area contributed by atoms with E-state index >= 15 is 0 Å². The normalized spacial score (nSPS) is 14.6. The molecule has 0 spiro atoms. The quantitative estimate of drug-likeness (QED) is 0.584. The number of nitrogens with zero attached hydrogens (tertiary/aromatic N) is 4. The average Bonchev–Trinajstić information content (AvgIpc) is 2.73. The van der Waals surface area contributed by atoms with Gasteiger partial charge in [-0.25, -0.2) is 9.97 Å². The Labute approximate surface area is 171 Å². The Kier molecular flexibility index (Phi) is 6.15. The van der Waals surface area contributed by atoms with E-state index in [4.69, 9.17) is 4.98 Å². The number of benzene rings is 1. The number of carbonyl (C=O) groups is 2. The molecular weight excluding hydrogens is 368 g/mol. The summed E-state index contributed by atoms with van der Waals surface area (Å²) >= 11 is 0. The van der Waals surface area contributed by atoms with E-state index in [0.717, 1.165) is 11.3 Å². The minimum Gasteiger partial charge on any atom is -0.469 e. The van der Waals surface area contributed by atoms with Crippen LogP contribution in [0.3, 0.4) is 0 Å². The SMILES string of the molecule is COC(=O)CC(=O)N1CCN(c2nccc(-c3ccc(C(C)(C)C)cc3)n2)CC1. The lowest BCUT2D eigenvalue weighted by atomic mass is 9.86. The second-order valence-electron chi connectivity index (χ2n) is 8.19. The predicted molar refractivity (Wildman–Crippen MR) is 112 cm³/mol. The summed E-state index contributed by atoms with van der Waals surface area (Å²) in [5.74, 6) is -0.0569. The lowest BCUT2D eigenvalue weighted by Crippen LogP contribution is -2.49. The van der Waals surface area contributed by atoms with E-state index in [0.29, 0.717) is 32.1 Å². The van der Waals surface area contributed by atoms with Crippen molar-refractivity contribution in [1.82, 2.24) is 14.9 Å². The monoisotopic (exact) mass is 396 g/mol. The van der Waals surface area contributed by atoms with Gasteiger partial charge in [-0.3, -0.25) is 9.59 Å². The van der Waals surface area contributed by atoms with Gasteiger partial charge in [0.15, 0.2) is 0 Å². The molecule has 0 unspecified atom stereocenters. The van der Waals surface area contributed by atoms with Gasteiger partial charge in [0, 0.05) is 37.9 Å². The number of carbonyl (C=O) groups excluding carboxylic acids is 2. The third-order valence-corrected chi connectivity index (χ3v) is 5.13. The van der Waals surface area contributed by atoms with E-state index < -0.39 is 5.97 Å². The van der Waals surface area contributed by atoms with Crippen LogP contribution in [0.15, 0.2) is 36.5 Å². The first-order chi connectivity index (χ1) is 13.8. The average molecular weight is 396 g/mol. The molecule has 1 aromatic heterocycles. The van der Waals surface area contributed by atoms with Gasteiger partial charge >= 0.3 is 5.97 Å². The zero-order valence-electron chi connectivity index (χ0n) is 17.5. The molecule has 0 aliphatic carbocycles. The van der Waals surface area contributed by atoms with Crippen LogP contribution in [0.4, 0.5) is 5.95 Å². The standard InChI is InChI=1S/C22H28N4O3/c1-22(2,3)17-7-5-16(6-8-17)18-9-10-23-21(24-18)26-13-11-25(12-14-26)19(27)15-20(28)29-4/h5-10H,11-15H2,1-4H3. The van der Waals surface area contributed by atoms with Gasteiger partial charge in [0.25, 0.3) is 0 Å². The van der Waals surface area contributed by atoms with E-state index in [1.165, 1.54) is 12.7 Å². The Morgan fingerprint density at radius 3 is 2.28 bits per heavy atom. The summed E-state index contributed by atoms with van der Waals surface area (Å²) in [6.45, 7) is 8.90. The number of methoxy groups -OCH3 is 1. The smallest absolute Gasteiger partial charge is 0.315 e. The second-order valence-corrected chi connectivity index (χ2v) is 8.19. The molecule has 3 rings (SSSR count). The Balaban J connectivity index is 1.66. The summed E-state index contributed by atoms with van der Waals surface area (Å²) < 4.78 is 4.57. The number of aromatic nitrogens is 2. The highest BCUT2D eigenvalue weighted by atomic mass is 16.5. The van der Waals surface area contributed by atoms with Crippen molar-refractivity contribution in [3.63, 3.8) is 0 Å². The van der Waals surface area contributed by atoms with Crippen molar-refractivity contribution in [2.45, 2.75) is 32.6 Å². The number of ether oxygens (including phenoxy) is 1. The molecule has 2 heterocycles. The van der Waals surface area contributed by atoms with Crippen LogP contribution >= 0.6 is 0 Å². The fourth-order valence-corrected chi connectivity index (χ4v) is 3.27. The van der Waals surface area contributed by atoms with Crippen LogP contribution in [-0.2, 0) is 19.7 Å². The molecule has 7 heteroatoms. The molecule has 0 bridgehead atoms. The third-order valence-electron chi connectivity index (χ3n) is 5.13. The molecule has 1 amide bonds. The van der Waals surface area contributed by atoms with Crippen molar-refractivity contribution in [2.75, 3.05) is 38.2 Å². The van der Waals surface area contributed by atoms with Crippen LogP contribution in [0.5, 0.6) is 0 Å². The van der Waals surface area contributed by atoms with E-state index in [2.05, 4.69) is 59.7 Å². The summed E-state index contributed by atoms with van der Waals surface area (Å²) in [5, 5.41) is 0. The number of esters is 1. The Bertz CT molecular complexity index is 866. The molecule has 0 radical (unpaired) electrons. The molecule has 0 N–H and O–H groups in total. The first-order valence-electron chi connectivity index (χ1n) is 9.81. The highest BCUT2D eigenvalue weighted by molar-refractivity contribution is 5.94. The lowest BCUT2D eigenvalue weighted by Gasteiger charge is -2.34. The summed E-state index contributed by atoms with van der Waals surface area (Å²) in [6.07, 6.45) is 1.55. The topological polar surface area (TPSA) is 75.6 Å². The number of hydrogen-bond donors (Lipinski definition) is 0. The number of rotatable bonds is 4. The van der Waals surface area contributed by atoms with Crippen molar-refractivity contribution < 1.29 is 14.3 Å². The summed E-state index contributed by atoms with van der Waals surface area (Å²) in [5.41, 5.74) is 3.32. The maximum atomic E-state index is 12.1.